The maximum absolute atomic E-state index is 10.2. The molecule has 1 unspecified atom stereocenters. The molecule has 3 nitrogen and oxygen atoms in total. The lowest BCUT2D eigenvalue weighted by atomic mass is 10.0. The van der Waals surface area contributed by atoms with Gasteiger partial charge in [-0.05, 0) is 60.9 Å². The van der Waals surface area contributed by atoms with Gasteiger partial charge in [0.05, 0.1) is 6.61 Å². The summed E-state index contributed by atoms with van der Waals surface area (Å²) in [6.45, 7) is 5.50. The highest BCUT2D eigenvalue weighted by molar-refractivity contribution is 8.67. The third-order valence-electron chi connectivity index (χ3n) is 2.54. The minimum Gasteiger partial charge on any atom is -0.337 e. The second-order valence-electron chi connectivity index (χ2n) is 4.92. The molecular formula is C13H22NO2PS2. The molecule has 0 aliphatic heterocycles. The van der Waals surface area contributed by atoms with Gasteiger partial charge >= 0.3 is 0 Å². The zero-order valence-electron chi connectivity index (χ0n) is 11.9. The van der Waals surface area contributed by atoms with E-state index in [1.54, 1.807) is 0 Å². The van der Waals surface area contributed by atoms with Crippen LogP contribution in [0.25, 0.3) is 0 Å². The van der Waals surface area contributed by atoms with Crippen molar-refractivity contribution in [1.29, 1.82) is 0 Å². The first kappa shape index (κ1) is 17.2. The van der Waals surface area contributed by atoms with Crippen molar-refractivity contribution in [2.75, 3.05) is 27.2 Å². The van der Waals surface area contributed by atoms with E-state index in [-0.39, 0.29) is 0 Å². The monoisotopic (exact) mass is 319 g/mol. The number of rotatable bonds is 7. The summed E-state index contributed by atoms with van der Waals surface area (Å²) < 4.78 is 5.45. The molecule has 6 heteroatoms. The Morgan fingerprint density at radius 1 is 1.42 bits per heavy atom. The Morgan fingerprint density at radius 2 is 2.11 bits per heavy atom. The van der Waals surface area contributed by atoms with Crippen LogP contribution in [0.5, 0.6) is 0 Å². The third kappa shape index (κ3) is 6.89. The van der Waals surface area contributed by atoms with Crippen LogP contribution < -0.4 is 0 Å². The molecular weight excluding hydrogens is 297 g/mol. The van der Waals surface area contributed by atoms with Gasteiger partial charge in [0, 0.05) is 11.4 Å². The second-order valence-corrected chi connectivity index (χ2v) is 11.0. The fourth-order valence-electron chi connectivity index (χ4n) is 1.43. The van der Waals surface area contributed by atoms with Gasteiger partial charge in [-0.15, -0.1) is 0 Å². The average molecular weight is 319 g/mol. The van der Waals surface area contributed by atoms with Crippen LogP contribution in [0, 0.1) is 0 Å². The number of hydrogen-bond acceptors (Lipinski definition) is 4. The molecule has 0 bridgehead atoms. The van der Waals surface area contributed by atoms with Crippen LogP contribution in [0.2, 0.25) is 0 Å². The van der Waals surface area contributed by atoms with Crippen LogP contribution >= 0.6 is 17.1 Å². The van der Waals surface area contributed by atoms with Crippen molar-refractivity contribution < 1.29 is 9.42 Å². The Balaban J connectivity index is 2.62. The molecule has 0 amide bonds. The van der Waals surface area contributed by atoms with Crippen molar-refractivity contribution in [2.24, 2.45) is 0 Å². The molecule has 0 aliphatic carbocycles. The van der Waals surface area contributed by atoms with E-state index in [1.165, 1.54) is 16.9 Å². The molecule has 1 aromatic rings. The summed E-state index contributed by atoms with van der Waals surface area (Å²) in [6, 6.07) is 8.11. The maximum Gasteiger partial charge on any atom is 0.249 e. The lowest BCUT2D eigenvalue weighted by Gasteiger charge is -2.17. The van der Waals surface area contributed by atoms with E-state index in [2.05, 4.69) is 26.0 Å². The Labute approximate surface area is 125 Å². The van der Waals surface area contributed by atoms with Gasteiger partial charge in [0.25, 0.3) is 0 Å². The smallest absolute Gasteiger partial charge is 0.249 e. The Morgan fingerprint density at radius 3 is 2.68 bits per heavy atom. The normalized spacial score (nSPS) is 14.9. The topological polar surface area (TPSA) is 32.7 Å². The molecule has 19 heavy (non-hydrogen) atoms. The Hall–Kier alpha value is 0.1000. The molecule has 1 rings (SSSR count). The van der Waals surface area contributed by atoms with E-state index in [0.717, 1.165) is 11.4 Å². The summed E-state index contributed by atoms with van der Waals surface area (Å²) in [6.07, 6.45) is 0. The summed E-state index contributed by atoms with van der Waals surface area (Å²) in [4.78, 5) is 13.1. The molecule has 1 atom stereocenters. The molecule has 1 N–H and O–H groups in total. The first-order valence-corrected chi connectivity index (χ1v) is 10.3. The molecule has 0 spiro atoms. The molecule has 0 saturated heterocycles. The maximum atomic E-state index is 10.2. The van der Waals surface area contributed by atoms with E-state index >= 15 is 0 Å². The number of hydrogen-bond donors (Lipinski definition) is 1. The SMILES string of the molecule is CC(C)c1cccc(SP(O)(=S)OCCN(C)C)c1. The van der Waals surface area contributed by atoms with Crippen molar-refractivity contribution in [1.82, 2.24) is 4.90 Å². The summed E-state index contributed by atoms with van der Waals surface area (Å²) in [5, 5.41) is 0. The largest absolute Gasteiger partial charge is 0.337 e. The molecule has 0 heterocycles. The van der Waals surface area contributed by atoms with E-state index in [9.17, 15) is 4.89 Å². The van der Waals surface area contributed by atoms with Crippen molar-refractivity contribution >= 4 is 28.9 Å². The number of likely N-dealkylation sites (N-methyl/N-ethyl adjacent to an activating group) is 1. The van der Waals surface area contributed by atoms with Gasteiger partial charge < -0.3 is 14.3 Å². The molecule has 0 radical (unpaired) electrons. The summed E-state index contributed by atoms with van der Waals surface area (Å²) in [5.74, 6) is 0.465. The van der Waals surface area contributed by atoms with Crippen molar-refractivity contribution in [3.8, 4) is 0 Å². The van der Waals surface area contributed by atoms with Crippen molar-refractivity contribution in [3.63, 3.8) is 0 Å². The van der Waals surface area contributed by atoms with E-state index in [1.807, 2.05) is 31.1 Å². The van der Waals surface area contributed by atoms with Gasteiger partial charge in [0.15, 0.2) is 0 Å². The van der Waals surface area contributed by atoms with E-state index in [4.69, 9.17) is 16.3 Å². The summed E-state index contributed by atoms with van der Waals surface area (Å²) in [7, 11) is 3.92. The Kier molecular flexibility index (Phi) is 7.01. The first-order valence-electron chi connectivity index (χ1n) is 6.22. The van der Waals surface area contributed by atoms with Crippen LogP contribution in [-0.2, 0) is 16.3 Å². The fourth-order valence-corrected chi connectivity index (χ4v) is 4.91. The van der Waals surface area contributed by atoms with Gasteiger partial charge in [-0.25, -0.2) is 0 Å². The van der Waals surface area contributed by atoms with Crippen LogP contribution in [0.3, 0.4) is 0 Å². The quantitative estimate of drug-likeness (QED) is 0.775. The predicted octanol–water partition coefficient (Wildman–Crippen LogP) is 3.70. The molecule has 0 aromatic heterocycles. The molecule has 0 aliphatic rings. The minimum absolute atomic E-state index is 0.456. The lowest BCUT2D eigenvalue weighted by molar-refractivity contribution is 0.265. The van der Waals surface area contributed by atoms with Gasteiger partial charge in [0.1, 0.15) is 0 Å². The van der Waals surface area contributed by atoms with Crippen LogP contribution in [0.4, 0.5) is 0 Å². The third-order valence-corrected chi connectivity index (χ3v) is 6.37. The van der Waals surface area contributed by atoms with Crippen LogP contribution in [0.15, 0.2) is 29.2 Å². The van der Waals surface area contributed by atoms with Gasteiger partial charge in [0.2, 0.25) is 5.69 Å². The standard InChI is InChI=1S/C13H22NO2PS2/c1-11(2)12-6-5-7-13(10-12)19-17(15,18)16-9-8-14(3)4/h5-7,10-11H,8-9H2,1-4H3,(H,15,18). The average Bonchev–Trinajstić information content (AvgIpc) is 2.27. The molecule has 108 valence electrons. The molecule has 0 saturated carbocycles. The zero-order chi connectivity index (χ0) is 14.5. The van der Waals surface area contributed by atoms with Crippen LogP contribution in [-0.4, -0.2) is 37.0 Å². The highest BCUT2D eigenvalue weighted by Gasteiger charge is 2.16. The highest BCUT2D eigenvalue weighted by atomic mass is 32.9. The van der Waals surface area contributed by atoms with E-state index < -0.39 is 5.69 Å². The number of benzene rings is 1. The lowest BCUT2D eigenvalue weighted by Crippen LogP contribution is -2.17. The minimum atomic E-state index is -2.80. The summed E-state index contributed by atoms with van der Waals surface area (Å²) in [5.41, 5.74) is -1.55. The van der Waals surface area contributed by atoms with Gasteiger partial charge in [-0.3, -0.25) is 0 Å². The second kappa shape index (κ2) is 7.77. The van der Waals surface area contributed by atoms with Gasteiger partial charge in [-0.1, -0.05) is 26.0 Å². The zero-order valence-corrected chi connectivity index (χ0v) is 14.4. The van der Waals surface area contributed by atoms with Crippen LogP contribution in [0.1, 0.15) is 25.3 Å². The number of nitrogens with zero attached hydrogens (tertiary/aromatic N) is 1. The first-order chi connectivity index (χ1) is 8.80. The van der Waals surface area contributed by atoms with Gasteiger partial charge in [-0.2, -0.15) is 0 Å². The van der Waals surface area contributed by atoms with Crippen molar-refractivity contribution in [3.05, 3.63) is 29.8 Å². The van der Waals surface area contributed by atoms with E-state index in [0.29, 0.717) is 12.5 Å². The van der Waals surface area contributed by atoms with Crippen molar-refractivity contribution in [2.45, 2.75) is 24.7 Å². The molecule has 1 aromatic carbocycles. The highest BCUT2D eigenvalue weighted by Crippen LogP contribution is 2.59. The Bertz CT molecular complexity index is 452. The molecule has 0 fully saturated rings. The summed E-state index contributed by atoms with van der Waals surface area (Å²) >= 11 is 6.45. The fraction of sp³-hybridized carbons (Fsp3) is 0.538. The predicted molar refractivity (Wildman–Crippen MR) is 87.4 cm³/mol.